The number of hydroxylamine groups is 1. The van der Waals surface area contributed by atoms with Gasteiger partial charge < -0.3 is 18.9 Å². The average Bonchev–Trinajstić information content (AvgIpc) is 3.13. The molecular weight excluding hydrogens is 322 g/mol. The highest BCUT2D eigenvalue weighted by Gasteiger charge is 2.65. The predicted octanol–water partition coefficient (Wildman–Crippen LogP) is 2.48. The van der Waals surface area contributed by atoms with E-state index < -0.39 is 5.79 Å². The lowest BCUT2D eigenvalue weighted by molar-refractivity contribution is -0.231. The van der Waals surface area contributed by atoms with Crippen LogP contribution in [0.4, 0.5) is 5.69 Å². The van der Waals surface area contributed by atoms with Crippen LogP contribution >= 0.6 is 0 Å². The molecule has 0 spiro atoms. The Hall–Kier alpha value is -1.18. The number of hydrogen-bond donors (Lipinski definition) is 0. The molecule has 0 aromatic heterocycles. The summed E-state index contributed by atoms with van der Waals surface area (Å²) in [7, 11) is 0. The van der Waals surface area contributed by atoms with E-state index in [1.54, 1.807) is 0 Å². The van der Waals surface area contributed by atoms with Gasteiger partial charge in [0, 0.05) is 5.92 Å². The summed E-state index contributed by atoms with van der Waals surface area (Å²) < 4.78 is 24.5. The van der Waals surface area contributed by atoms with Gasteiger partial charge in [-0.1, -0.05) is 18.2 Å². The van der Waals surface area contributed by atoms with Crippen molar-refractivity contribution in [2.24, 2.45) is 5.92 Å². The largest absolute Gasteiger partial charge is 0.372 e. The molecule has 136 valence electrons. The first-order valence-electron chi connectivity index (χ1n) is 9.02. The van der Waals surface area contributed by atoms with Gasteiger partial charge in [-0.15, -0.1) is 0 Å². The van der Waals surface area contributed by atoms with E-state index >= 15 is 0 Å². The summed E-state index contributed by atoms with van der Waals surface area (Å²) in [4.78, 5) is 6.34. The van der Waals surface area contributed by atoms with Crippen LogP contribution in [0.15, 0.2) is 30.3 Å². The van der Waals surface area contributed by atoms with Crippen LogP contribution in [0.1, 0.15) is 27.7 Å². The molecule has 6 heteroatoms. The lowest BCUT2D eigenvalue weighted by Crippen LogP contribution is -2.56. The molecule has 6 nitrogen and oxygen atoms in total. The van der Waals surface area contributed by atoms with Gasteiger partial charge in [0.05, 0.1) is 23.9 Å². The Morgan fingerprint density at radius 1 is 0.960 bits per heavy atom. The zero-order chi connectivity index (χ0) is 17.4. The number of hydrogen-bond acceptors (Lipinski definition) is 6. The van der Waals surface area contributed by atoms with E-state index in [1.807, 2.05) is 37.1 Å². The molecule has 1 aromatic carbocycles. The Balaban J connectivity index is 1.49. The van der Waals surface area contributed by atoms with Gasteiger partial charge >= 0.3 is 0 Å². The zero-order valence-electron chi connectivity index (χ0n) is 15.0. The summed E-state index contributed by atoms with van der Waals surface area (Å²) in [5.41, 5.74) is 0.708. The number of para-hydroxylation sites is 1. The van der Waals surface area contributed by atoms with Gasteiger partial charge in [-0.25, -0.2) is 5.06 Å². The van der Waals surface area contributed by atoms with Crippen molar-refractivity contribution in [3.63, 3.8) is 0 Å². The monoisotopic (exact) mass is 347 g/mol. The van der Waals surface area contributed by atoms with E-state index in [2.05, 4.69) is 26.0 Å². The molecule has 0 aliphatic carbocycles. The van der Waals surface area contributed by atoms with E-state index in [0.29, 0.717) is 6.61 Å². The van der Waals surface area contributed by atoms with Gasteiger partial charge in [-0.2, -0.15) is 0 Å². The fourth-order valence-corrected chi connectivity index (χ4v) is 4.60. The second-order valence-electron chi connectivity index (χ2n) is 8.32. The van der Waals surface area contributed by atoms with E-state index in [0.717, 1.165) is 5.69 Å². The molecule has 4 aliphatic rings. The Bertz CT molecular complexity index is 663. The third-order valence-electron chi connectivity index (χ3n) is 5.75. The molecule has 3 unspecified atom stereocenters. The van der Waals surface area contributed by atoms with Gasteiger partial charge in [0.15, 0.2) is 12.1 Å². The minimum atomic E-state index is -0.634. The summed E-state index contributed by atoms with van der Waals surface area (Å²) >= 11 is 0. The number of fused-ring (bicyclic) bond motifs is 5. The van der Waals surface area contributed by atoms with Gasteiger partial charge in [0.2, 0.25) is 0 Å². The second-order valence-corrected chi connectivity index (χ2v) is 8.32. The summed E-state index contributed by atoms with van der Waals surface area (Å²) in [6.07, 6.45) is -0.865. The first-order chi connectivity index (χ1) is 11.9. The Morgan fingerprint density at radius 2 is 1.72 bits per heavy atom. The van der Waals surface area contributed by atoms with Crippen molar-refractivity contribution in [1.82, 2.24) is 0 Å². The minimum Gasteiger partial charge on any atom is -0.372 e. The van der Waals surface area contributed by atoms with E-state index in [1.165, 1.54) is 0 Å². The number of benzene rings is 1. The van der Waals surface area contributed by atoms with Crippen LogP contribution in [0.2, 0.25) is 0 Å². The molecule has 0 saturated carbocycles. The molecule has 4 fully saturated rings. The molecular formula is C19H25NO5. The van der Waals surface area contributed by atoms with Crippen LogP contribution in [0.3, 0.4) is 0 Å². The van der Waals surface area contributed by atoms with Crippen LogP contribution in [-0.4, -0.2) is 48.6 Å². The maximum atomic E-state index is 6.34. The molecule has 5 rings (SSSR count). The van der Waals surface area contributed by atoms with Gasteiger partial charge in [0.1, 0.15) is 18.3 Å². The second kappa shape index (κ2) is 5.18. The van der Waals surface area contributed by atoms with Gasteiger partial charge in [-0.3, -0.25) is 4.84 Å². The number of nitrogens with zero attached hydrogens (tertiary/aromatic N) is 1. The molecule has 25 heavy (non-hydrogen) atoms. The van der Waals surface area contributed by atoms with Crippen LogP contribution in [0, 0.1) is 5.92 Å². The Labute approximate surface area is 147 Å². The highest BCUT2D eigenvalue weighted by atomic mass is 16.8. The van der Waals surface area contributed by atoms with Crippen molar-refractivity contribution < 1.29 is 23.8 Å². The number of anilines is 1. The predicted molar refractivity (Wildman–Crippen MR) is 89.8 cm³/mol. The summed E-state index contributed by atoms with van der Waals surface area (Å²) in [5, 5.41) is 2.01. The SMILES string of the molecule is CC1(C)O[C@H]2OC3C4C(CO[C@H]3[C@H]2O1)C(C)(C)ON4c1ccccc1. The molecule has 1 aromatic rings. The third-order valence-corrected chi connectivity index (χ3v) is 5.75. The van der Waals surface area contributed by atoms with Crippen molar-refractivity contribution in [3.05, 3.63) is 30.3 Å². The van der Waals surface area contributed by atoms with Crippen molar-refractivity contribution >= 4 is 5.69 Å². The van der Waals surface area contributed by atoms with Crippen molar-refractivity contribution in [3.8, 4) is 0 Å². The number of ether oxygens (including phenoxy) is 4. The molecule has 0 N–H and O–H groups in total. The summed E-state index contributed by atoms with van der Waals surface area (Å²) in [5.74, 6) is -0.425. The van der Waals surface area contributed by atoms with Crippen molar-refractivity contribution in [2.75, 3.05) is 11.7 Å². The maximum absolute atomic E-state index is 6.34. The van der Waals surface area contributed by atoms with Crippen LogP contribution in [-0.2, 0) is 23.8 Å². The molecule has 0 amide bonds. The lowest BCUT2D eigenvalue weighted by atomic mass is 9.80. The molecule has 0 bridgehead atoms. The van der Waals surface area contributed by atoms with Gasteiger partial charge in [0.25, 0.3) is 0 Å². The highest BCUT2D eigenvalue weighted by molar-refractivity contribution is 5.47. The topological polar surface area (TPSA) is 49.4 Å². The molecule has 4 aliphatic heterocycles. The third kappa shape index (κ3) is 2.35. The summed E-state index contributed by atoms with van der Waals surface area (Å²) in [6.45, 7) is 8.67. The number of rotatable bonds is 1. The van der Waals surface area contributed by atoms with E-state index in [-0.39, 0.29) is 42.2 Å². The Morgan fingerprint density at radius 3 is 2.48 bits per heavy atom. The average molecular weight is 347 g/mol. The minimum absolute atomic E-state index is 0.0667. The standard InChI is InChI=1S/C19H25NO5/c1-18(2)12-10-21-15-14(22-17-16(15)23-19(3,4)24-17)13(12)20(25-18)11-8-6-5-7-9-11/h5-9,12-17H,10H2,1-4H3/t12?,13?,14?,15-,16-,17-/m1/s1. The smallest absolute Gasteiger partial charge is 0.190 e. The fraction of sp³-hybridized carbons (Fsp3) is 0.684. The highest BCUT2D eigenvalue weighted by Crippen LogP contribution is 2.50. The van der Waals surface area contributed by atoms with Crippen molar-refractivity contribution in [2.45, 2.75) is 69.7 Å². The van der Waals surface area contributed by atoms with E-state index in [9.17, 15) is 0 Å². The molecule has 0 radical (unpaired) electrons. The normalized spacial score (nSPS) is 43.6. The lowest BCUT2D eigenvalue weighted by Gasteiger charge is -2.40. The molecule has 6 atom stereocenters. The van der Waals surface area contributed by atoms with Crippen LogP contribution < -0.4 is 5.06 Å². The van der Waals surface area contributed by atoms with Gasteiger partial charge in [-0.05, 0) is 39.8 Å². The summed E-state index contributed by atoms with van der Waals surface area (Å²) in [6, 6.07) is 10.2. The zero-order valence-corrected chi connectivity index (χ0v) is 15.0. The molecule has 4 heterocycles. The van der Waals surface area contributed by atoms with Crippen molar-refractivity contribution in [1.29, 1.82) is 0 Å². The fourth-order valence-electron chi connectivity index (χ4n) is 4.60. The van der Waals surface area contributed by atoms with E-state index in [4.69, 9.17) is 23.8 Å². The maximum Gasteiger partial charge on any atom is 0.190 e. The molecule has 4 saturated heterocycles. The first kappa shape index (κ1) is 16.0. The van der Waals surface area contributed by atoms with Crippen LogP contribution in [0.5, 0.6) is 0 Å². The van der Waals surface area contributed by atoms with Crippen LogP contribution in [0.25, 0.3) is 0 Å². The quantitative estimate of drug-likeness (QED) is 0.778. The Kier molecular flexibility index (Phi) is 3.32. The first-order valence-corrected chi connectivity index (χ1v) is 9.02.